The molecule has 1 aromatic heterocycles. The van der Waals surface area contributed by atoms with Crippen LogP contribution in [0.1, 0.15) is 29.4 Å². The van der Waals surface area contributed by atoms with Crippen LogP contribution in [-0.2, 0) is 16.0 Å². The maximum Gasteiger partial charge on any atom is 0.272 e. The molecule has 0 saturated carbocycles. The first kappa shape index (κ1) is 22.2. The Labute approximate surface area is 184 Å². The van der Waals surface area contributed by atoms with E-state index in [0.717, 1.165) is 5.56 Å². The predicted octanol–water partition coefficient (Wildman–Crippen LogP) is 3.29. The van der Waals surface area contributed by atoms with Crippen LogP contribution in [0.25, 0.3) is 0 Å². The van der Waals surface area contributed by atoms with E-state index in [1.165, 1.54) is 0 Å². The van der Waals surface area contributed by atoms with Gasteiger partial charge in [0, 0.05) is 13.0 Å². The smallest absolute Gasteiger partial charge is 0.272 e. The zero-order chi connectivity index (χ0) is 21.5. The molecule has 0 N–H and O–H groups in total. The summed E-state index contributed by atoms with van der Waals surface area (Å²) in [7, 11) is 1.58. The number of carbonyl (C=O) groups excluding carboxylic acids is 2. The van der Waals surface area contributed by atoms with Gasteiger partial charge in [-0.25, -0.2) is 4.98 Å². The molecule has 1 atom stereocenters. The number of carbonyl (C=O) groups is 2. The first-order valence-corrected chi connectivity index (χ1v) is 10.6. The van der Waals surface area contributed by atoms with Gasteiger partial charge in [0.2, 0.25) is 0 Å². The Hall–Kier alpha value is -2.45. The zero-order valence-electron chi connectivity index (χ0n) is 17.1. The number of amides is 1. The molecule has 1 unspecified atom stereocenters. The van der Waals surface area contributed by atoms with E-state index < -0.39 is 0 Å². The molecule has 8 heteroatoms. The van der Waals surface area contributed by atoms with E-state index in [0.29, 0.717) is 60.9 Å². The maximum absolute atomic E-state index is 12.7. The zero-order valence-corrected chi connectivity index (χ0v) is 18.7. The van der Waals surface area contributed by atoms with Gasteiger partial charge < -0.3 is 23.9 Å². The molecule has 0 aliphatic carbocycles. The summed E-state index contributed by atoms with van der Waals surface area (Å²) in [6, 6.07) is 10.9. The second-order valence-electron chi connectivity index (χ2n) is 7.09. The number of aryl methyl sites for hydroxylation is 1. The van der Waals surface area contributed by atoms with Crippen molar-refractivity contribution in [1.29, 1.82) is 0 Å². The molecule has 0 bridgehead atoms. The summed E-state index contributed by atoms with van der Waals surface area (Å²) >= 11 is 3.30. The number of ketones is 1. The Kier molecular flexibility index (Phi) is 7.81. The highest BCUT2D eigenvalue weighted by Gasteiger charge is 2.26. The average molecular weight is 477 g/mol. The largest absolute Gasteiger partial charge is 0.493 e. The minimum Gasteiger partial charge on any atom is -0.493 e. The van der Waals surface area contributed by atoms with Crippen LogP contribution < -0.4 is 9.47 Å². The number of ether oxygens (including phenoxy) is 3. The summed E-state index contributed by atoms with van der Waals surface area (Å²) in [5, 5.41) is 0. The van der Waals surface area contributed by atoms with Crippen LogP contribution in [0.3, 0.4) is 0 Å². The lowest BCUT2D eigenvalue weighted by Gasteiger charge is -2.32. The monoisotopic (exact) mass is 476 g/mol. The van der Waals surface area contributed by atoms with E-state index in [1.807, 2.05) is 18.2 Å². The Bertz CT molecular complexity index is 905. The molecule has 2 heterocycles. The van der Waals surface area contributed by atoms with Crippen LogP contribution in [0.4, 0.5) is 0 Å². The van der Waals surface area contributed by atoms with Gasteiger partial charge in [0.25, 0.3) is 5.91 Å². The van der Waals surface area contributed by atoms with Crippen molar-refractivity contribution < 1.29 is 23.8 Å². The van der Waals surface area contributed by atoms with Crippen LogP contribution in [0.5, 0.6) is 11.5 Å². The lowest BCUT2D eigenvalue weighted by Crippen LogP contribution is -2.47. The molecule has 30 heavy (non-hydrogen) atoms. The summed E-state index contributed by atoms with van der Waals surface area (Å²) < 4.78 is 17.8. The molecular formula is C22H25BrN2O5. The third-order valence-electron chi connectivity index (χ3n) is 4.78. The van der Waals surface area contributed by atoms with Crippen molar-refractivity contribution in [2.75, 3.05) is 33.4 Å². The van der Waals surface area contributed by atoms with Gasteiger partial charge >= 0.3 is 0 Å². The molecule has 3 rings (SSSR count). The van der Waals surface area contributed by atoms with Gasteiger partial charge in [-0.05, 0) is 59.1 Å². The van der Waals surface area contributed by atoms with Gasteiger partial charge in [-0.2, -0.15) is 0 Å². The summed E-state index contributed by atoms with van der Waals surface area (Å²) in [6.07, 6.45) is 0.908. The van der Waals surface area contributed by atoms with E-state index in [2.05, 4.69) is 20.9 Å². The fourth-order valence-corrected chi connectivity index (χ4v) is 3.53. The molecule has 0 spiro atoms. The highest BCUT2D eigenvalue weighted by atomic mass is 79.9. The lowest BCUT2D eigenvalue weighted by molar-refractivity contribution is -0.116. The minimum atomic E-state index is -0.253. The van der Waals surface area contributed by atoms with Gasteiger partial charge in [0.1, 0.15) is 28.8 Å². The van der Waals surface area contributed by atoms with E-state index in [-0.39, 0.29) is 17.8 Å². The third-order valence-corrected chi connectivity index (χ3v) is 5.22. The topological polar surface area (TPSA) is 78.0 Å². The van der Waals surface area contributed by atoms with E-state index in [1.54, 1.807) is 37.1 Å². The molecule has 1 fully saturated rings. The number of methoxy groups -OCH3 is 1. The number of benzene rings is 1. The molecule has 1 aliphatic heterocycles. The van der Waals surface area contributed by atoms with Crippen molar-refractivity contribution in [3.8, 4) is 11.5 Å². The number of Topliss-reactive ketones (excluding diaryl/α,β-unsaturated/α-hetero) is 1. The van der Waals surface area contributed by atoms with Crippen molar-refractivity contribution in [3.63, 3.8) is 0 Å². The lowest BCUT2D eigenvalue weighted by atomic mass is 10.1. The summed E-state index contributed by atoms with van der Waals surface area (Å²) in [5.41, 5.74) is 1.41. The molecular weight excluding hydrogens is 452 g/mol. The van der Waals surface area contributed by atoms with Gasteiger partial charge in [0.15, 0.2) is 11.5 Å². The maximum atomic E-state index is 12.7. The normalized spacial score (nSPS) is 16.2. The molecule has 1 amide bonds. The molecule has 1 aliphatic rings. The van der Waals surface area contributed by atoms with Crippen LogP contribution in [0.2, 0.25) is 0 Å². The number of hydrogen-bond acceptors (Lipinski definition) is 6. The Morgan fingerprint density at radius 3 is 2.83 bits per heavy atom. The number of hydrogen-bond donors (Lipinski definition) is 0. The molecule has 1 saturated heterocycles. The highest BCUT2D eigenvalue weighted by Crippen LogP contribution is 2.29. The van der Waals surface area contributed by atoms with Crippen molar-refractivity contribution in [2.24, 2.45) is 0 Å². The molecule has 0 radical (unpaired) electrons. The van der Waals surface area contributed by atoms with Crippen molar-refractivity contribution in [3.05, 3.63) is 52.3 Å². The van der Waals surface area contributed by atoms with Crippen molar-refractivity contribution in [2.45, 2.75) is 25.9 Å². The fraction of sp³-hybridized carbons (Fsp3) is 0.409. The molecule has 2 aromatic rings. The van der Waals surface area contributed by atoms with Crippen molar-refractivity contribution >= 4 is 27.6 Å². The Balaban J connectivity index is 1.59. The SMILES string of the molecule is COc1cc(CCC(C)=O)ccc1OCC1CN(C(=O)c2cccc(Br)n2)CCO1. The summed E-state index contributed by atoms with van der Waals surface area (Å²) in [5.74, 6) is 1.24. The van der Waals surface area contributed by atoms with Crippen molar-refractivity contribution in [1.82, 2.24) is 9.88 Å². The second kappa shape index (κ2) is 10.5. The minimum absolute atomic E-state index is 0.128. The quantitative estimate of drug-likeness (QED) is 0.543. The first-order chi connectivity index (χ1) is 14.5. The second-order valence-corrected chi connectivity index (χ2v) is 7.90. The van der Waals surface area contributed by atoms with E-state index in [9.17, 15) is 9.59 Å². The Morgan fingerprint density at radius 1 is 1.27 bits per heavy atom. The van der Waals surface area contributed by atoms with Crippen LogP contribution in [0, 0.1) is 0 Å². The van der Waals surface area contributed by atoms with Crippen LogP contribution >= 0.6 is 15.9 Å². The Morgan fingerprint density at radius 2 is 2.10 bits per heavy atom. The number of halogens is 1. The average Bonchev–Trinajstić information content (AvgIpc) is 2.76. The van der Waals surface area contributed by atoms with Gasteiger partial charge in [-0.1, -0.05) is 12.1 Å². The number of nitrogens with zero attached hydrogens (tertiary/aromatic N) is 2. The van der Waals surface area contributed by atoms with Crippen LogP contribution in [-0.4, -0.2) is 61.1 Å². The molecule has 1 aromatic carbocycles. The van der Waals surface area contributed by atoms with Gasteiger partial charge in [-0.3, -0.25) is 4.79 Å². The number of morpholine rings is 1. The number of pyridine rings is 1. The first-order valence-electron chi connectivity index (χ1n) is 9.79. The van der Waals surface area contributed by atoms with Crippen LogP contribution in [0.15, 0.2) is 41.0 Å². The number of rotatable bonds is 8. The van der Waals surface area contributed by atoms with E-state index in [4.69, 9.17) is 14.2 Å². The summed E-state index contributed by atoms with van der Waals surface area (Å²) in [6.45, 7) is 3.25. The standard InChI is InChI=1S/C22H25BrN2O5/c1-15(26)6-7-16-8-9-19(20(12-16)28-2)30-14-17-13-25(10-11-29-17)22(27)18-4-3-5-21(23)24-18/h3-5,8-9,12,17H,6-7,10-11,13-14H2,1-2H3. The third kappa shape index (κ3) is 6.03. The summed E-state index contributed by atoms with van der Waals surface area (Å²) in [4.78, 5) is 29.9. The highest BCUT2D eigenvalue weighted by molar-refractivity contribution is 9.10. The predicted molar refractivity (Wildman–Crippen MR) is 115 cm³/mol. The number of aromatic nitrogens is 1. The fourth-order valence-electron chi connectivity index (χ4n) is 3.18. The molecule has 160 valence electrons. The molecule has 7 nitrogen and oxygen atoms in total. The van der Waals surface area contributed by atoms with E-state index >= 15 is 0 Å². The van der Waals surface area contributed by atoms with Gasteiger partial charge in [-0.15, -0.1) is 0 Å². The van der Waals surface area contributed by atoms with Gasteiger partial charge in [0.05, 0.1) is 20.3 Å².